The zero-order valence-electron chi connectivity index (χ0n) is 14.7. The molecule has 1 heterocycles. The van der Waals surface area contributed by atoms with Gasteiger partial charge in [-0.1, -0.05) is 23.7 Å². The molecule has 3 aromatic rings. The van der Waals surface area contributed by atoms with Gasteiger partial charge in [0.1, 0.15) is 17.3 Å². The fraction of sp³-hybridized carbons (Fsp3) is 0.100. The minimum absolute atomic E-state index is 0.215. The maximum atomic E-state index is 12.6. The van der Waals surface area contributed by atoms with Gasteiger partial charge in [0.15, 0.2) is 0 Å². The predicted molar refractivity (Wildman–Crippen MR) is 105 cm³/mol. The molecule has 0 aliphatic heterocycles. The Morgan fingerprint density at radius 3 is 2.70 bits per heavy atom. The fourth-order valence-electron chi connectivity index (χ4n) is 2.48. The van der Waals surface area contributed by atoms with Gasteiger partial charge in [-0.15, -0.1) is 0 Å². The summed E-state index contributed by atoms with van der Waals surface area (Å²) in [6, 6.07) is 15.8. The zero-order chi connectivity index (χ0) is 19.4. The first kappa shape index (κ1) is 18.4. The minimum atomic E-state index is -0.388. The third kappa shape index (κ3) is 4.60. The van der Waals surface area contributed by atoms with Crippen molar-refractivity contribution in [1.82, 2.24) is 9.97 Å². The number of aromatic nitrogens is 2. The number of aryl methyl sites for hydroxylation is 2. The monoisotopic (exact) mass is 377 g/mol. The van der Waals surface area contributed by atoms with Gasteiger partial charge in [-0.3, -0.25) is 4.79 Å². The van der Waals surface area contributed by atoms with E-state index in [1.165, 1.54) is 0 Å². The van der Waals surface area contributed by atoms with Crippen molar-refractivity contribution in [2.24, 2.45) is 0 Å². The van der Waals surface area contributed by atoms with E-state index < -0.39 is 0 Å². The van der Waals surface area contributed by atoms with Crippen molar-refractivity contribution in [2.45, 2.75) is 13.8 Å². The summed E-state index contributed by atoms with van der Waals surface area (Å²) in [6.07, 6.45) is 0. The quantitative estimate of drug-likeness (QED) is 0.692. The van der Waals surface area contributed by atoms with E-state index in [0.717, 1.165) is 11.3 Å². The Morgan fingerprint density at radius 2 is 1.93 bits per heavy atom. The van der Waals surface area contributed by atoms with Crippen LogP contribution in [0.15, 0.2) is 48.5 Å². The molecule has 0 fully saturated rings. The maximum absolute atomic E-state index is 12.6. The van der Waals surface area contributed by atoms with Crippen LogP contribution in [0.3, 0.4) is 0 Å². The topological polar surface area (TPSA) is 90.7 Å². The van der Waals surface area contributed by atoms with Crippen LogP contribution >= 0.6 is 11.6 Å². The molecule has 0 unspecified atom stereocenters. The first-order valence-corrected chi connectivity index (χ1v) is 8.53. The van der Waals surface area contributed by atoms with E-state index in [2.05, 4.69) is 20.6 Å². The average Bonchev–Trinajstić information content (AvgIpc) is 2.64. The number of nitrogens with one attached hydrogen (secondary N) is 2. The van der Waals surface area contributed by atoms with Gasteiger partial charge in [0.25, 0.3) is 5.91 Å². The lowest BCUT2D eigenvalue weighted by molar-refractivity contribution is 0.102. The summed E-state index contributed by atoms with van der Waals surface area (Å²) in [5.74, 6) is 0.556. The zero-order valence-corrected chi connectivity index (χ0v) is 15.5. The Bertz CT molecular complexity index is 1060. The highest BCUT2D eigenvalue weighted by molar-refractivity contribution is 6.30. The maximum Gasteiger partial charge on any atom is 0.274 e. The Labute approximate surface area is 161 Å². The lowest BCUT2D eigenvalue weighted by atomic mass is 10.2. The molecule has 7 heteroatoms. The summed E-state index contributed by atoms with van der Waals surface area (Å²) in [7, 11) is 0. The molecule has 134 valence electrons. The van der Waals surface area contributed by atoms with Crippen LogP contribution in [-0.2, 0) is 0 Å². The van der Waals surface area contributed by atoms with Crippen molar-refractivity contribution < 1.29 is 4.79 Å². The van der Waals surface area contributed by atoms with Gasteiger partial charge >= 0.3 is 0 Å². The molecule has 0 radical (unpaired) electrons. The fourth-order valence-corrected chi connectivity index (χ4v) is 2.65. The molecule has 0 bridgehead atoms. The first-order chi connectivity index (χ1) is 12.9. The smallest absolute Gasteiger partial charge is 0.274 e. The summed E-state index contributed by atoms with van der Waals surface area (Å²) < 4.78 is 0. The molecular weight excluding hydrogens is 362 g/mol. The summed E-state index contributed by atoms with van der Waals surface area (Å²) in [5.41, 5.74) is 3.00. The molecule has 0 aliphatic carbocycles. The van der Waals surface area contributed by atoms with Gasteiger partial charge in [-0.05, 0) is 49.7 Å². The number of hydrogen-bond acceptors (Lipinski definition) is 5. The van der Waals surface area contributed by atoms with Crippen LogP contribution in [0.4, 0.5) is 17.2 Å². The highest BCUT2D eigenvalue weighted by Crippen LogP contribution is 2.24. The second-order valence-corrected chi connectivity index (χ2v) is 6.35. The van der Waals surface area contributed by atoms with Gasteiger partial charge in [0.05, 0.1) is 11.6 Å². The number of hydrogen-bond donors (Lipinski definition) is 2. The Hall–Kier alpha value is -3.43. The molecule has 1 amide bonds. The number of nitrogens with zero attached hydrogens (tertiary/aromatic N) is 3. The van der Waals surface area contributed by atoms with Crippen LogP contribution in [0.5, 0.6) is 0 Å². The molecule has 0 spiro atoms. The van der Waals surface area contributed by atoms with Crippen molar-refractivity contribution in [3.8, 4) is 6.07 Å². The van der Waals surface area contributed by atoms with E-state index in [1.54, 1.807) is 43.3 Å². The van der Waals surface area contributed by atoms with Crippen molar-refractivity contribution in [3.63, 3.8) is 0 Å². The SMILES string of the molecule is Cc1nc(Nc2cc(Cl)ccc2C)cc(C(=O)Nc2cccc(C#N)c2)n1. The standard InChI is InChI=1S/C20H16ClN5O/c1-12-6-7-15(21)9-17(12)26-19-10-18(23-13(2)24-19)20(27)25-16-5-3-4-14(8-16)11-22/h3-10H,1-2H3,(H,25,27)(H,23,24,26). The van der Waals surface area contributed by atoms with Gasteiger partial charge in [-0.2, -0.15) is 5.26 Å². The van der Waals surface area contributed by atoms with Gasteiger partial charge in [0, 0.05) is 22.5 Å². The summed E-state index contributed by atoms with van der Waals surface area (Å²) in [4.78, 5) is 21.1. The van der Waals surface area contributed by atoms with Crippen LogP contribution in [0.25, 0.3) is 0 Å². The van der Waals surface area contributed by atoms with Crippen molar-refractivity contribution in [2.75, 3.05) is 10.6 Å². The van der Waals surface area contributed by atoms with Crippen molar-refractivity contribution >= 4 is 34.7 Å². The molecule has 0 saturated carbocycles. The highest BCUT2D eigenvalue weighted by atomic mass is 35.5. The van der Waals surface area contributed by atoms with Crippen LogP contribution in [0.2, 0.25) is 5.02 Å². The number of amides is 1. The summed E-state index contributed by atoms with van der Waals surface area (Å²) in [5, 5.41) is 15.5. The molecule has 0 aliphatic rings. The van der Waals surface area contributed by atoms with Gasteiger partial charge < -0.3 is 10.6 Å². The van der Waals surface area contributed by atoms with E-state index >= 15 is 0 Å². The van der Waals surface area contributed by atoms with E-state index in [-0.39, 0.29) is 11.6 Å². The number of carbonyl (C=O) groups is 1. The summed E-state index contributed by atoms with van der Waals surface area (Å²) >= 11 is 6.05. The molecule has 27 heavy (non-hydrogen) atoms. The van der Waals surface area contributed by atoms with Crippen LogP contribution < -0.4 is 10.6 Å². The second kappa shape index (κ2) is 7.85. The van der Waals surface area contributed by atoms with Crippen molar-refractivity contribution in [3.05, 3.63) is 76.2 Å². The Kier molecular flexibility index (Phi) is 5.34. The van der Waals surface area contributed by atoms with Gasteiger partial charge in [0.2, 0.25) is 0 Å². The third-order valence-corrected chi connectivity index (χ3v) is 4.02. The minimum Gasteiger partial charge on any atom is -0.340 e. The van der Waals surface area contributed by atoms with E-state index in [9.17, 15) is 4.79 Å². The Balaban J connectivity index is 1.85. The van der Waals surface area contributed by atoms with Crippen LogP contribution in [0.1, 0.15) is 27.4 Å². The molecule has 0 saturated heterocycles. The number of nitriles is 1. The van der Waals surface area contributed by atoms with Crippen LogP contribution in [-0.4, -0.2) is 15.9 Å². The lowest BCUT2D eigenvalue weighted by Gasteiger charge is -2.11. The molecular formula is C20H16ClN5O. The number of rotatable bonds is 4. The average molecular weight is 378 g/mol. The number of carbonyl (C=O) groups excluding carboxylic acids is 1. The molecule has 3 rings (SSSR count). The lowest BCUT2D eigenvalue weighted by Crippen LogP contribution is -2.15. The second-order valence-electron chi connectivity index (χ2n) is 5.92. The molecule has 2 aromatic carbocycles. The number of benzene rings is 2. The normalized spacial score (nSPS) is 10.1. The first-order valence-electron chi connectivity index (χ1n) is 8.15. The largest absolute Gasteiger partial charge is 0.340 e. The Morgan fingerprint density at radius 1 is 1.11 bits per heavy atom. The molecule has 6 nitrogen and oxygen atoms in total. The van der Waals surface area contributed by atoms with Crippen molar-refractivity contribution in [1.29, 1.82) is 5.26 Å². The predicted octanol–water partition coefficient (Wildman–Crippen LogP) is 4.61. The highest BCUT2D eigenvalue weighted by Gasteiger charge is 2.12. The number of halogens is 1. The molecule has 2 N–H and O–H groups in total. The number of anilines is 3. The van der Waals surface area contributed by atoms with E-state index in [4.69, 9.17) is 16.9 Å². The third-order valence-electron chi connectivity index (χ3n) is 3.78. The molecule has 1 aromatic heterocycles. The summed E-state index contributed by atoms with van der Waals surface area (Å²) in [6.45, 7) is 3.66. The van der Waals surface area contributed by atoms with Crippen LogP contribution in [0, 0.1) is 25.2 Å². The van der Waals surface area contributed by atoms with E-state index in [0.29, 0.717) is 27.9 Å². The van der Waals surface area contributed by atoms with Gasteiger partial charge in [-0.25, -0.2) is 9.97 Å². The van der Waals surface area contributed by atoms with E-state index in [1.807, 2.05) is 25.1 Å². The molecule has 0 atom stereocenters.